The van der Waals surface area contributed by atoms with Gasteiger partial charge >= 0.3 is 0 Å². The Morgan fingerprint density at radius 1 is 1.21 bits per heavy atom. The van der Waals surface area contributed by atoms with Gasteiger partial charge in [-0.05, 0) is 61.6 Å². The van der Waals surface area contributed by atoms with Gasteiger partial charge < -0.3 is 9.55 Å². The third-order valence-corrected chi connectivity index (χ3v) is 5.97. The van der Waals surface area contributed by atoms with Gasteiger partial charge in [-0.1, -0.05) is 18.1 Å². The summed E-state index contributed by atoms with van der Waals surface area (Å²) in [6, 6.07) is 8.60. The molecular formula is C20H21N3O. The highest BCUT2D eigenvalue weighted by molar-refractivity contribution is 5.83. The maximum atomic E-state index is 12.6. The van der Waals surface area contributed by atoms with Gasteiger partial charge in [0, 0.05) is 24.0 Å². The Balaban J connectivity index is 1.65. The Morgan fingerprint density at radius 2 is 2.12 bits per heavy atom. The highest BCUT2D eigenvalue weighted by Crippen LogP contribution is 2.51. The smallest absolute Gasteiger partial charge is 0.259 e. The van der Waals surface area contributed by atoms with Crippen molar-refractivity contribution in [2.45, 2.75) is 38.6 Å². The molecule has 0 amide bonds. The number of hydrogen-bond acceptors (Lipinski definition) is 2. The lowest BCUT2D eigenvalue weighted by Gasteiger charge is -2.24. The van der Waals surface area contributed by atoms with Crippen LogP contribution in [0.2, 0.25) is 0 Å². The zero-order chi connectivity index (χ0) is 16.3. The lowest BCUT2D eigenvalue weighted by atomic mass is 9.95. The fraction of sp³-hybridized carbons (Fsp3) is 0.400. The van der Waals surface area contributed by atoms with E-state index in [0.29, 0.717) is 11.6 Å². The minimum absolute atomic E-state index is 0.0537. The summed E-state index contributed by atoms with van der Waals surface area (Å²) in [5.41, 5.74) is 2.70. The fourth-order valence-corrected chi connectivity index (χ4v) is 4.83. The lowest BCUT2D eigenvalue weighted by molar-refractivity contribution is 0.332. The molecule has 2 bridgehead atoms. The number of fused-ring (bicyclic) bond motifs is 3. The normalized spacial score (nSPS) is 25.6. The van der Waals surface area contributed by atoms with E-state index in [-0.39, 0.29) is 5.56 Å². The number of hydrogen-bond donors (Lipinski definition) is 1. The average molecular weight is 319 g/mol. The molecule has 24 heavy (non-hydrogen) atoms. The third-order valence-electron chi connectivity index (χ3n) is 5.97. The molecular weight excluding hydrogens is 298 g/mol. The Labute approximate surface area is 140 Å². The van der Waals surface area contributed by atoms with E-state index >= 15 is 0 Å². The highest BCUT2D eigenvalue weighted by atomic mass is 16.1. The molecule has 2 fully saturated rings. The molecule has 2 aromatic heterocycles. The summed E-state index contributed by atoms with van der Waals surface area (Å²) in [6.07, 6.45) is 9.16. The van der Waals surface area contributed by atoms with Crippen molar-refractivity contribution >= 4 is 10.9 Å². The molecule has 3 atom stereocenters. The number of imidazole rings is 1. The van der Waals surface area contributed by atoms with E-state index in [1.54, 1.807) is 0 Å². The maximum Gasteiger partial charge on any atom is 0.259 e. The molecule has 2 heterocycles. The first-order valence-corrected chi connectivity index (χ1v) is 8.86. The molecule has 4 heteroatoms. The first-order valence-electron chi connectivity index (χ1n) is 8.86. The van der Waals surface area contributed by atoms with Crippen LogP contribution < -0.4 is 5.56 Å². The number of aromatic nitrogens is 3. The van der Waals surface area contributed by atoms with E-state index in [1.807, 2.05) is 24.4 Å². The summed E-state index contributed by atoms with van der Waals surface area (Å²) in [5.74, 6) is 2.44. The van der Waals surface area contributed by atoms with E-state index in [4.69, 9.17) is 0 Å². The second kappa shape index (κ2) is 5.07. The molecule has 5 rings (SSSR count). The number of nitrogens with one attached hydrogen (secondary N) is 1. The number of rotatable bonds is 2. The van der Waals surface area contributed by atoms with Gasteiger partial charge in [0.15, 0.2) is 0 Å². The topological polar surface area (TPSA) is 50.7 Å². The zero-order valence-corrected chi connectivity index (χ0v) is 13.8. The van der Waals surface area contributed by atoms with Gasteiger partial charge in [0.05, 0.1) is 5.56 Å². The molecule has 2 saturated carbocycles. The van der Waals surface area contributed by atoms with Gasteiger partial charge in [-0.25, -0.2) is 4.98 Å². The van der Waals surface area contributed by atoms with Crippen molar-refractivity contribution < 1.29 is 0 Å². The maximum absolute atomic E-state index is 12.6. The van der Waals surface area contributed by atoms with Crippen LogP contribution in [-0.2, 0) is 0 Å². The molecule has 2 aliphatic carbocycles. The van der Waals surface area contributed by atoms with Crippen LogP contribution in [0.25, 0.3) is 22.3 Å². The van der Waals surface area contributed by atoms with Gasteiger partial charge in [0.1, 0.15) is 5.82 Å². The van der Waals surface area contributed by atoms with Crippen molar-refractivity contribution in [1.29, 1.82) is 0 Å². The van der Waals surface area contributed by atoms with Crippen molar-refractivity contribution in [1.82, 2.24) is 14.5 Å². The Hall–Kier alpha value is -2.36. The standard InChI is InChI=1S/C20H21N3O/c1-12-2-5-17-15(8-12)11-16(20(24)22-17)19-21-6-7-23(19)18-10-13-3-4-14(18)9-13/h2,5-8,11,13-14,18H,3-4,9-10H2,1H3,(H,22,24)/t13-,14+,18-/m1/s1. The van der Waals surface area contributed by atoms with Crippen LogP contribution in [0.4, 0.5) is 0 Å². The van der Waals surface area contributed by atoms with Crippen LogP contribution in [0.1, 0.15) is 37.3 Å². The summed E-state index contributed by atoms with van der Waals surface area (Å²) in [4.78, 5) is 20.2. The molecule has 1 aromatic carbocycles. The number of benzene rings is 1. The van der Waals surface area contributed by atoms with Gasteiger partial charge in [-0.15, -0.1) is 0 Å². The van der Waals surface area contributed by atoms with Crippen molar-refractivity contribution in [2.24, 2.45) is 11.8 Å². The van der Waals surface area contributed by atoms with Crippen molar-refractivity contribution in [3.63, 3.8) is 0 Å². The molecule has 2 aliphatic rings. The predicted molar refractivity (Wildman–Crippen MR) is 95.0 cm³/mol. The second-order valence-electron chi connectivity index (χ2n) is 7.50. The molecule has 0 saturated heterocycles. The van der Waals surface area contributed by atoms with Crippen LogP contribution in [0, 0.1) is 18.8 Å². The van der Waals surface area contributed by atoms with Crippen LogP contribution in [0.15, 0.2) is 41.5 Å². The van der Waals surface area contributed by atoms with Crippen LogP contribution in [-0.4, -0.2) is 14.5 Å². The third kappa shape index (κ3) is 2.05. The quantitative estimate of drug-likeness (QED) is 0.774. The summed E-state index contributed by atoms with van der Waals surface area (Å²) in [6.45, 7) is 2.07. The number of aromatic amines is 1. The van der Waals surface area contributed by atoms with E-state index in [1.165, 1.54) is 31.2 Å². The van der Waals surface area contributed by atoms with Crippen molar-refractivity contribution in [3.8, 4) is 11.4 Å². The molecule has 4 nitrogen and oxygen atoms in total. The number of aryl methyl sites for hydroxylation is 1. The molecule has 122 valence electrons. The first kappa shape index (κ1) is 14.0. The Bertz CT molecular complexity index is 984. The Kier molecular flexibility index (Phi) is 2.96. The van der Waals surface area contributed by atoms with Gasteiger partial charge in [-0.3, -0.25) is 4.79 Å². The van der Waals surface area contributed by atoms with E-state index < -0.39 is 0 Å². The minimum Gasteiger partial charge on any atom is -0.327 e. The minimum atomic E-state index is -0.0537. The monoisotopic (exact) mass is 319 g/mol. The van der Waals surface area contributed by atoms with Crippen molar-refractivity contribution in [2.75, 3.05) is 0 Å². The molecule has 0 radical (unpaired) electrons. The predicted octanol–water partition coefficient (Wildman–Crippen LogP) is 4.06. The molecule has 1 N–H and O–H groups in total. The second-order valence-corrected chi connectivity index (χ2v) is 7.50. The molecule has 0 unspecified atom stereocenters. The van der Waals surface area contributed by atoms with Gasteiger partial charge in [-0.2, -0.15) is 0 Å². The van der Waals surface area contributed by atoms with Crippen molar-refractivity contribution in [3.05, 3.63) is 52.6 Å². The van der Waals surface area contributed by atoms with Gasteiger partial charge in [0.25, 0.3) is 5.56 Å². The van der Waals surface area contributed by atoms with E-state index in [2.05, 4.69) is 33.7 Å². The highest BCUT2D eigenvalue weighted by Gasteiger charge is 2.41. The van der Waals surface area contributed by atoms with Crippen LogP contribution in [0.5, 0.6) is 0 Å². The number of nitrogens with zero attached hydrogens (tertiary/aromatic N) is 2. The molecule has 0 aliphatic heterocycles. The number of pyridine rings is 1. The zero-order valence-electron chi connectivity index (χ0n) is 13.8. The molecule has 0 spiro atoms. The fourth-order valence-electron chi connectivity index (χ4n) is 4.83. The summed E-state index contributed by atoms with van der Waals surface area (Å²) in [5, 5.41) is 1.06. The number of H-pyrrole nitrogens is 1. The van der Waals surface area contributed by atoms with Crippen LogP contribution >= 0.6 is 0 Å². The van der Waals surface area contributed by atoms with E-state index in [9.17, 15) is 4.79 Å². The van der Waals surface area contributed by atoms with Gasteiger partial charge in [0.2, 0.25) is 0 Å². The largest absolute Gasteiger partial charge is 0.327 e. The summed E-state index contributed by atoms with van der Waals surface area (Å²) >= 11 is 0. The lowest BCUT2D eigenvalue weighted by Crippen LogP contribution is -2.19. The average Bonchev–Trinajstić information content (AvgIpc) is 3.30. The van der Waals surface area contributed by atoms with E-state index in [0.717, 1.165) is 28.6 Å². The molecule has 3 aromatic rings. The summed E-state index contributed by atoms with van der Waals surface area (Å²) < 4.78 is 2.26. The first-order chi connectivity index (χ1) is 11.7. The van der Waals surface area contributed by atoms with Crippen LogP contribution in [0.3, 0.4) is 0 Å². The SMILES string of the molecule is Cc1ccc2[nH]c(=O)c(-c3nccn3[C@@H]3C[C@@H]4CC[C@H]3C4)cc2c1. The summed E-state index contributed by atoms with van der Waals surface area (Å²) in [7, 11) is 0. The Morgan fingerprint density at radius 3 is 2.92 bits per heavy atom.